The van der Waals surface area contributed by atoms with Crippen LogP contribution in [0.3, 0.4) is 0 Å². The molecule has 98 valence electrons. The molecule has 1 aliphatic rings. The van der Waals surface area contributed by atoms with E-state index >= 15 is 0 Å². The SMILES string of the molecule is COc1cc(OC)cc([C@]2([SiH3])CCCC(=O)C2)c1. The van der Waals surface area contributed by atoms with Gasteiger partial charge < -0.3 is 9.47 Å². The van der Waals surface area contributed by atoms with Gasteiger partial charge in [-0.3, -0.25) is 4.79 Å². The van der Waals surface area contributed by atoms with E-state index in [1.165, 1.54) is 5.56 Å². The molecule has 3 nitrogen and oxygen atoms in total. The molecule has 1 aromatic carbocycles. The van der Waals surface area contributed by atoms with Crippen LogP contribution in [0.4, 0.5) is 0 Å². The van der Waals surface area contributed by atoms with Crippen molar-refractivity contribution in [2.45, 2.75) is 30.7 Å². The van der Waals surface area contributed by atoms with Crippen molar-refractivity contribution in [3.8, 4) is 11.5 Å². The number of hydrogen-bond acceptors (Lipinski definition) is 3. The number of rotatable bonds is 3. The first kappa shape index (κ1) is 13.1. The molecule has 0 bridgehead atoms. The van der Waals surface area contributed by atoms with Crippen LogP contribution in [-0.4, -0.2) is 30.2 Å². The predicted octanol–water partition coefficient (Wildman–Crippen LogP) is 1.41. The monoisotopic (exact) mass is 264 g/mol. The van der Waals surface area contributed by atoms with E-state index in [9.17, 15) is 4.79 Å². The zero-order chi connectivity index (χ0) is 13.2. The van der Waals surface area contributed by atoms with Gasteiger partial charge >= 0.3 is 0 Å². The minimum atomic E-state index is 0.0527. The Labute approximate surface area is 111 Å². The third-order valence-corrected chi connectivity index (χ3v) is 5.25. The summed E-state index contributed by atoms with van der Waals surface area (Å²) in [5, 5.41) is 0.0527. The summed E-state index contributed by atoms with van der Waals surface area (Å²) in [4.78, 5) is 11.7. The van der Waals surface area contributed by atoms with Crippen LogP contribution in [0, 0.1) is 0 Å². The Bertz CT molecular complexity index is 436. The third kappa shape index (κ3) is 2.58. The predicted molar refractivity (Wildman–Crippen MR) is 74.6 cm³/mol. The Morgan fingerprint density at radius 3 is 2.28 bits per heavy atom. The van der Waals surface area contributed by atoms with E-state index in [-0.39, 0.29) is 5.04 Å². The lowest BCUT2D eigenvalue weighted by Gasteiger charge is -2.33. The van der Waals surface area contributed by atoms with Crippen LogP contribution in [0.25, 0.3) is 0 Å². The van der Waals surface area contributed by atoms with E-state index in [0.717, 1.165) is 41.0 Å². The fourth-order valence-electron chi connectivity index (χ4n) is 2.69. The molecule has 0 amide bonds. The summed E-state index contributed by atoms with van der Waals surface area (Å²) < 4.78 is 10.6. The van der Waals surface area contributed by atoms with Gasteiger partial charge in [0.2, 0.25) is 0 Å². The number of hydrogen-bond donors (Lipinski definition) is 0. The molecule has 4 heteroatoms. The molecular formula is C14H20O3Si. The molecule has 18 heavy (non-hydrogen) atoms. The number of ether oxygens (including phenoxy) is 2. The molecule has 0 N–H and O–H groups in total. The highest BCUT2D eigenvalue weighted by Crippen LogP contribution is 2.38. The smallest absolute Gasteiger partial charge is 0.133 e. The highest BCUT2D eigenvalue weighted by atomic mass is 28.1. The minimum Gasteiger partial charge on any atom is -0.497 e. The Hall–Kier alpha value is -1.29. The number of ketones is 1. The zero-order valence-electron chi connectivity index (χ0n) is 11.3. The van der Waals surface area contributed by atoms with E-state index in [1.54, 1.807) is 14.2 Å². The van der Waals surface area contributed by atoms with Crippen molar-refractivity contribution in [1.82, 2.24) is 0 Å². The van der Waals surface area contributed by atoms with Crippen LogP contribution in [0.5, 0.6) is 11.5 Å². The highest BCUT2D eigenvalue weighted by molar-refractivity contribution is 6.18. The summed E-state index contributed by atoms with van der Waals surface area (Å²) in [5.74, 6) is 1.99. The Morgan fingerprint density at radius 1 is 1.17 bits per heavy atom. The Morgan fingerprint density at radius 2 is 1.78 bits per heavy atom. The lowest BCUT2D eigenvalue weighted by Crippen LogP contribution is -2.33. The van der Waals surface area contributed by atoms with Gasteiger partial charge in [-0.15, -0.1) is 0 Å². The Kier molecular flexibility index (Phi) is 3.75. The van der Waals surface area contributed by atoms with E-state index in [4.69, 9.17) is 9.47 Å². The maximum atomic E-state index is 11.7. The average molecular weight is 264 g/mol. The summed E-state index contributed by atoms with van der Waals surface area (Å²) in [6, 6.07) is 5.97. The molecule has 1 atom stereocenters. The molecule has 0 spiro atoms. The molecule has 1 aromatic rings. The maximum Gasteiger partial charge on any atom is 0.133 e. The Balaban J connectivity index is 2.39. The van der Waals surface area contributed by atoms with Crippen LogP contribution in [0.2, 0.25) is 0 Å². The molecule has 0 aromatic heterocycles. The molecule has 1 saturated carbocycles. The number of methoxy groups -OCH3 is 2. The first-order chi connectivity index (χ1) is 8.57. The fourth-order valence-corrected chi connectivity index (χ4v) is 3.73. The molecule has 1 fully saturated rings. The second kappa shape index (κ2) is 5.14. The van der Waals surface area contributed by atoms with Crippen molar-refractivity contribution in [1.29, 1.82) is 0 Å². The van der Waals surface area contributed by atoms with Gasteiger partial charge in [-0.05, 0) is 35.6 Å². The molecule has 2 rings (SSSR count). The average Bonchev–Trinajstić information content (AvgIpc) is 2.37. The lowest BCUT2D eigenvalue weighted by molar-refractivity contribution is -0.121. The van der Waals surface area contributed by atoms with Gasteiger partial charge in [0.05, 0.1) is 14.2 Å². The van der Waals surface area contributed by atoms with Gasteiger partial charge in [-0.1, -0.05) is 0 Å². The van der Waals surface area contributed by atoms with Gasteiger partial charge in [0, 0.05) is 29.2 Å². The fraction of sp³-hybridized carbons (Fsp3) is 0.500. The van der Waals surface area contributed by atoms with Gasteiger partial charge in [0.1, 0.15) is 17.3 Å². The summed E-state index contributed by atoms with van der Waals surface area (Å²) in [6.45, 7) is 0. The molecule has 0 aliphatic heterocycles. The van der Waals surface area contributed by atoms with Crippen molar-refractivity contribution in [2.24, 2.45) is 0 Å². The van der Waals surface area contributed by atoms with Crippen molar-refractivity contribution < 1.29 is 14.3 Å². The third-order valence-electron chi connectivity index (χ3n) is 3.82. The molecule has 1 aliphatic carbocycles. The van der Waals surface area contributed by atoms with E-state index in [1.807, 2.05) is 18.2 Å². The molecule has 0 saturated heterocycles. The molecular weight excluding hydrogens is 244 g/mol. The number of Topliss-reactive ketones (excluding diaryl/α,β-unsaturated/α-hetero) is 1. The van der Waals surface area contributed by atoms with Gasteiger partial charge in [0.25, 0.3) is 0 Å². The largest absolute Gasteiger partial charge is 0.497 e. The van der Waals surface area contributed by atoms with E-state index in [2.05, 4.69) is 0 Å². The second-order valence-electron chi connectivity index (χ2n) is 5.23. The standard InChI is InChI=1S/C14H20O3Si/c1-16-12-6-10(7-13(8-12)17-2)14(18)5-3-4-11(15)9-14/h6-8H,3-5,9H2,1-2,18H3/t14-/m0/s1. The first-order valence-electron chi connectivity index (χ1n) is 6.33. The zero-order valence-corrected chi connectivity index (χ0v) is 13.3. The summed E-state index contributed by atoms with van der Waals surface area (Å²) in [7, 11) is 4.29. The van der Waals surface area contributed by atoms with Gasteiger partial charge in [-0.2, -0.15) is 0 Å². The number of benzene rings is 1. The van der Waals surface area contributed by atoms with Crippen LogP contribution in [0.15, 0.2) is 18.2 Å². The molecule has 0 heterocycles. The van der Waals surface area contributed by atoms with E-state index < -0.39 is 0 Å². The van der Waals surface area contributed by atoms with Crippen molar-refractivity contribution >= 4 is 16.0 Å². The maximum absolute atomic E-state index is 11.7. The molecule has 0 radical (unpaired) electrons. The number of carbonyl (C=O) groups is 1. The van der Waals surface area contributed by atoms with E-state index in [0.29, 0.717) is 12.2 Å². The lowest BCUT2D eigenvalue weighted by atomic mass is 9.82. The van der Waals surface area contributed by atoms with Crippen molar-refractivity contribution in [3.63, 3.8) is 0 Å². The first-order valence-corrected chi connectivity index (χ1v) is 7.33. The van der Waals surface area contributed by atoms with Crippen LogP contribution in [0.1, 0.15) is 31.2 Å². The summed E-state index contributed by atoms with van der Waals surface area (Å²) in [6.07, 6.45) is 3.52. The molecule has 0 unspecified atom stereocenters. The minimum absolute atomic E-state index is 0.0527. The van der Waals surface area contributed by atoms with Crippen LogP contribution < -0.4 is 9.47 Å². The normalized spacial score (nSPS) is 24.0. The van der Waals surface area contributed by atoms with Gasteiger partial charge in [-0.25, -0.2) is 0 Å². The quantitative estimate of drug-likeness (QED) is 0.774. The van der Waals surface area contributed by atoms with Crippen LogP contribution >= 0.6 is 0 Å². The number of carbonyl (C=O) groups excluding carboxylic acids is 1. The van der Waals surface area contributed by atoms with Gasteiger partial charge in [0.15, 0.2) is 0 Å². The van der Waals surface area contributed by atoms with Crippen LogP contribution in [-0.2, 0) is 9.83 Å². The summed E-state index contributed by atoms with van der Waals surface area (Å²) in [5.41, 5.74) is 1.19. The second-order valence-corrected chi connectivity index (χ2v) is 7.15. The summed E-state index contributed by atoms with van der Waals surface area (Å²) >= 11 is 0. The topological polar surface area (TPSA) is 35.5 Å². The highest BCUT2D eigenvalue weighted by Gasteiger charge is 2.33. The van der Waals surface area contributed by atoms with Crippen molar-refractivity contribution in [3.05, 3.63) is 23.8 Å². The van der Waals surface area contributed by atoms with Crippen molar-refractivity contribution in [2.75, 3.05) is 14.2 Å².